The fraction of sp³-hybridized carbons (Fsp3) is 0.167. The number of carbonyl (C=O) groups excluding carboxylic acids is 3. The van der Waals surface area contributed by atoms with Gasteiger partial charge in [-0.3, -0.25) is 19.3 Å². The average molecular weight is 632 g/mol. The maximum absolute atomic E-state index is 16.0. The maximum Gasteiger partial charge on any atom is 0.235 e. The second kappa shape index (κ2) is 11.2. The van der Waals surface area contributed by atoms with E-state index in [9.17, 15) is 9.59 Å². The van der Waals surface area contributed by atoms with Crippen molar-refractivity contribution in [3.8, 4) is 11.5 Å². The normalized spacial score (nSPS) is 24.3. The molecule has 1 saturated heterocycles. The van der Waals surface area contributed by atoms with E-state index in [4.69, 9.17) is 9.47 Å². The molecule has 8 rings (SSSR count). The number of hydrogen-bond donors (Lipinski definition) is 0. The van der Waals surface area contributed by atoms with E-state index < -0.39 is 22.7 Å². The lowest BCUT2D eigenvalue weighted by Gasteiger charge is -2.39. The van der Waals surface area contributed by atoms with Crippen LogP contribution in [-0.4, -0.2) is 36.7 Å². The highest BCUT2D eigenvalue weighted by Gasteiger charge is 2.82. The first-order valence-electron chi connectivity index (χ1n) is 16.1. The highest BCUT2D eigenvalue weighted by molar-refractivity contribution is 6.35. The van der Waals surface area contributed by atoms with Crippen LogP contribution in [0.4, 0.5) is 0 Å². The SMILES string of the molecule is COc1ccc(C2=C(c3ccc(OC)cc3)[C@@]3(c4ccccc4)C(=O)[C@]2(c2ccccc2)[C@H]2C(=O)N(Cc4ccccc4)C(=O)[C@@H]23)cc1. The van der Waals surface area contributed by atoms with Crippen molar-refractivity contribution in [2.45, 2.75) is 17.4 Å². The first-order valence-corrected chi connectivity index (χ1v) is 16.1. The molecule has 1 aliphatic heterocycles. The van der Waals surface area contributed by atoms with Crippen LogP contribution in [0.5, 0.6) is 11.5 Å². The summed E-state index contributed by atoms with van der Waals surface area (Å²) in [6, 6.07) is 43.9. The van der Waals surface area contributed by atoms with E-state index in [1.54, 1.807) is 14.2 Å². The van der Waals surface area contributed by atoms with Gasteiger partial charge in [-0.1, -0.05) is 115 Å². The number of amides is 2. The molecule has 2 bridgehead atoms. The van der Waals surface area contributed by atoms with Crippen molar-refractivity contribution in [1.29, 1.82) is 0 Å². The Morgan fingerprint density at radius 2 is 0.896 bits per heavy atom. The minimum absolute atomic E-state index is 0.130. The smallest absolute Gasteiger partial charge is 0.235 e. The number of rotatable bonds is 8. The van der Waals surface area contributed by atoms with Crippen LogP contribution in [-0.2, 0) is 31.8 Å². The van der Waals surface area contributed by atoms with Crippen LogP contribution in [0, 0.1) is 11.8 Å². The summed E-state index contributed by atoms with van der Waals surface area (Å²) in [6.45, 7) is 0.130. The van der Waals surface area contributed by atoms with Crippen molar-refractivity contribution in [1.82, 2.24) is 4.90 Å². The quantitative estimate of drug-likeness (QED) is 0.175. The molecule has 0 unspecified atom stereocenters. The lowest BCUT2D eigenvalue weighted by atomic mass is 9.59. The second-order valence-electron chi connectivity index (χ2n) is 12.6. The molecule has 5 aromatic carbocycles. The number of methoxy groups -OCH3 is 2. The van der Waals surface area contributed by atoms with Gasteiger partial charge in [0.25, 0.3) is 0 Å². The van der Waals surface area contributed by atoms with Crippen molar-refractivity contribution < 1.29 is 23.9 Å². The van der Waals surface area contributed by atoms with Gasteiger partial charge in [0.15, 0.2) is 5.78 Å². The van der Waals surface area contributed by atoms with Crippen molar-refractivity contribution >= 4 is 28.7 Å². The predicted molar refractivity (Wildman–Crippen MR) is 183 cm³/mol. The highest BCUT2D eigenvalue weighted by Crippen LogP contribution is 2.74. The first-order chi connectivity index (χ1) is 23.5. The summed E-state index contributed by atoms with van der Waals surface area (Å²) < 4.78 is 11.0. The summed E-state index contributed by atoms with van der Waals surface area (Å²) in [4.78, 5) is 47.3. The molecule has 4 atom stereocenters. The van der Waals surface area contributed by atoms with E-state index in [1.165, 1.54) is 4.90 Å². The lowest BCUT2D eigenvalue weighted by Crippen LogP contribution is -2.45. The van der Waals surface area contributed by atoms with Crippen LogP contribution >= 0.6 is 0 Å². The van der Waals surface area contributed by atoms with Crippen molar-refractivity contribution in [2.24, 2.45) is 11.8 Å². The molecule has 2 fully saturated rings. The largest absolute Gasteiger partial charge is 0.497 e. The number of benzene rings is 5. The molecule has 0 aromatic heterocycles. The molecular formula is C42H33NO5. The molecule has 3 aliphatic rings. The minimum atomic E-state index is -1.45. The summed E-state index contributed by atoms with van der Waals surface area (Å²) in [5, 5.41) is 0. The van der Waals surface area contributed by atoms with E-state index in [0.29, 0.717) is 22.6 Å². The van der Waals surface area contributed by atoms with Gasteiger partial charge in [0, 0.05) is 0 Å². The fourth-order valence-corrected chi connectivity index (χ4v) is 8.62. The van der Waals surface area contributed by atoms with Gasteiger partial charge in [-0.15, -0.1) is 0 Å². The zero-order valence-electron chi connectivity index (χ0n) is 26.6. The Morgan fingerprint density at radius 3 is 1.27 bits per heavy atom. The van der Waals surface area contributed by atoms with Gasteiger partial charge in [0.1, 0.15) is 11.5 Å². The number of hydrogen-bond acceptors (Lipinski definition) is 5. The molecule has 0 N–H and O–H groups in total. The monoisotopic (exact) mass is 631 g/mol. The Morgan fingerprint density at radius 1 is 0.521 bits per heavy atom. The Balaban J connectivity index is 1.51. The third-order valence-corrected chi connectivity index (χ3v) is 10.5. The predicted octanol–water partition coefficient (Wildman–Crippen LogP) is 6.89. The summed E-state index contributed by atoms with van der Waals surface area (Å²) >= 11 is 0. The molecule has 236 valence electrons. The third kappa shape index (κ3) is 3.89. The van der Waals surface area contributed by atoms with Gasteiger partial charge < -0.3 is 9.47 Å². The number of carbonyl (C=O) groups is 3. The lowest BCUT2D eigenvalue weighted by molar-refractivity contribution is -0.143. The zero-order chi connectivity index (χ0) is 33.0. The van der Waals surface area contributed by atoms with Crippen molar-refractivity contribution in [2.75, 3.05) is 14.2 Å². The van der Waals surface area contributed by atoms with Gasteiger partial charge in [-0.25, -0.2) is 0 Å². The van der Waals surface area contributed by atoms with Crippen LogP contribution < -0.4 is 9.47 Å². The van der Waals surface area contributed by atoms with Crippen LogP contribution in [0.1, 0.15) is 27.8 Å². The third-order valence-electron chi connectivity index (χ3n) is 10.5. The number of likely N-dealkylation sites (tertiary alicyclic amines) is 1. The second-order valence-corrected chi connectivity index (χ2v) is 12.6. The Bertz CT molecular complexity index is 1940. The molecule has 1 heterocycles. The van der Waals surface area contributed by atoms with E-state index in [2.05, 4.69) is 0 Å². The van der Waals surface area contributed by atoms with E-state index >= 15 is 4.79 Å². The van der Waals surface area contributed by atoms with Gasteiger partial charge in [0.05, 0.1) is 43.4 Å². The van der Waals surface area contributed by atoms with E-state index in [0.717, 1.165) is 27.8 Å². The molecular weight excluding hydrogens is 598 g/mol. The topological polar surface area (TPSA) is 72.9 Å². The summed E-state index contributed by atoms with van der Waals surface area (Å²) in [5.74, 6) is -1.38. The molecule has 6 nitrogen and oxygen atoms in total. The van der Waals surface area contributed by atoms with Gasteiger partial charge in [-0.05, 0) is 63.2 Å². The van der Waals surface area contributed by atoms with Crippen LogP contribution in [0.2, 0.25) is 0 Å². The standard InChI is InChI=1S/C42H33NO5/c1-47-32-22-18-28(19-23-32)34-35(29-20-24-33(48-2)25-21-29)42(31-16-10-5-11-17-31)37-36(41(34,40(42)46)30-14-8-4-9-15-30)38(44)43(39(37)45)26-27-12-6-3-7-13-27/h3-25,36-37H,26H2,1-2H3/t36-,37-,41-,42+/m1/s1. The minimum Gasteiger partial charge on any atom is -0.497 e. The maximum atomic E-state index is 16.0. The molecule has 0 radical (unpaired) electrons. The molecule has 2 aliphatic carbocycles. The van der Waals surface area contributed by atoms with E-state index in [1.807, 2.05) is 140 Å². The Labute approximate surface area is 279 Å². The van der Waals surface area contributed by atoms with Gasteiger partial charge in [0.2, 0.25) is 11.8 Å². The molecule has 5 aromatic rings. The summed E-state index contributed by atoms with van der Waals surface area (Å²) in [6.07, 6.45) is 0. The zero-order valence-corrected chi connectivity index (χ0v) is 26.6. The molecule has 0 spiro atoms. The Kier molecular flexibility index (Phi) is 6.91. The fourth-order valence-electron chi connectivity index (χ4n) is 8.62. The average Bonchev–Trinajstić information content (AvgIpc) is 3.65. The number of fused-ring (bicyclic) bond motifs is 5. The van der Waals surface area contributed by atoms with Crippen molar-refractivity contribution in [3.63, 3.8) is 0 Å². The number of imide groups is 1. The van der Waals surface area contributed by atoms with Gasteiger partial charge >= 0.3 is 0 Å². The molecule has 2 amide bonds. The van der Waals surface area contributed by atoms with Gasteiger partial charge in [-0.2, -0.15) is 0 Å². The van der Waals surface area contributed by atoms with Crippen LogP contribution in [0.25, 0.3) is 11.1 Å². The number of allylic oxidation sites excluding steroid dienone is 2. The van der Waals surface area contributed by atoms with Crippen molar-refractivity contribution in [3.05, 3.63) is 167 Å². The van der Waals surface area contributed by atoms with E-state index in [-0.39, 0.29) is 24.1 Å². The molecule has 1 saturated carbocycles. The number of Topliss-reactive ketones (excluding diaryl/α,β-unsaturated/α-hetero) is 1. The summed E-state index contributed by atoms with van der Waals surface area (Å²) in [5.41, 5.74) is 2.37. The summed E-state index contributed by atoms with van der Waals surface area (Å²) in [7, 11) is 3.23. The number of nitrogens with zero attached hydrogens (tertiary/aromatic N) is 1. The molecule has 48 heavy (non-hydrogen) atoms. The number of ketones is 1. The number of ether oxygens (including phenoxy) is 2. The van der Waals surface area contributed by atoms with Crippen LogP contribution in [0.3, 0.4) is 0 Å². The van der Waals surface area contributed by atoms with Crippen LogP contribution in [0.15, 0.2) is 140 Å². The Hall–Kier alpha value is -5.75. The molecule has 6 heteroatoms. The first kappa shape index (κ1) is 29.6. The highest BCUT2D eigenvalue weighted by atomic mass is 16.5.